The third-order valence-corrected chi connectivity index (χ3v) is 5.74. The summed E-state index contributed by atoms with van der Waals surface area (Å²) in [5.41, 5.74) is 2.56. The summed E-state index contributed by atoms with van der Waals surface area (Å²) in [5.74, 6) is 0.0547. The van der Waals surface area contributed by atoms with Crippen LogP contribution in [0.3, 0.4) is 0 Å². The summed E-state index contributed by atoms with van der Waals surface area (Å²) in [7, 11) is 0. The monoisotopic (exact) mass is 412 g/mol. The van der Waals surface area contributed by atoms with Gasteiger partial charge in [-0.2, -0.15) is 4.68 Å². The van der Waals surface area contributed by atoms with Gasteiger partial charge in [-0.1, -0.05) is 36.0 Å². The third-order valence-electron chi connectivity index (χ3n) is 4.84. The van der Waals surface area contributed by atoms with Crippen molar-refractivity contribution in [1.82, 2.24) is 25.1 Å². The molecule has 9 heteroatoms. The molecule has 0 atom stereocenters. The molecule has 2 heterocycles. The van der Waals surface area contributed by atoms with E-state index in [1.807, 2.05) is 47.1 Å². The lowest BCUT2D eigenvalue weighted by Gasteiger charge is -2.36. The van der Waals surface area contributed by atoms with Crippen LogP contribution >= 0.6 is 11.8 Å². The minimum absolute atomic E-state index is 0.0296. The topological polar surface area (TPSA) is 67.2 Å². The van der Waals surface area contributed by atoms with Crippen molar-refractivity contribution in [3.05, 3.63) is 59.9 Å². The van der Waals surface area contributed by atoms with Crippen molar-refractivity contribution in [2.45, 2.75) is 12.1 Å². The number of rotatable bonds is 5. The van der Waals surface area contributed by atoms with Gasteiger partial charge in [-0.05, 0) is 47.2 Å². The number of para-hydroxylation sites is 1. The van der Waals surface area contributed by atoms with Crippen molar-refractivity contribution < 1.29 is 9.18 Å². The average molecular weight is 412 g/mol. The lowest BCUT2D eigenvalue weighted by Crippen LogP contribution is -2.49. The van der Waals surface area contributed by atoms with Gasteiger partial charge in [0.2, 0.25) is 11.1 Å². The minimum atomic E-state index is -0.231. The van der Waals surface area contributed by atoms with Crippen LogP contribution in [0.2, 0.25) is 0 Å². The number of hydrogen-bond donors (Lipinski definition) is 0. The number of anilines is 1. The Balaban J connectivity index is 1.34. The molecule has 0 spiro atoms. The number of aromatic nitrogens is 4. The molecule has 0 N–H and O–H groups in total. The van der Waals surface area contributed by atoms with E-state index in [2.05, 4.69) is 15.5 Å². The molecular formula is C20H21FN6OS. The Hall–Kier alpha value is -2.94. The number of thioether (sulfide) groups is 1. The van der Waals surface area contributed by atoms with Crippen LogP contribution in [0.1, 0.15) is 5.56 Å². The van der Waals surface area contributed by atoms with Gasteiger partial charge in [0.05, 0.1) is 17.1 Å². The van der Waals surface area contributed by atoms with Gasteiger partial charge in [0.1, 0.15) is 5.82 Å². The Kier molecular flexibility index (Phi) is 5.75. The molecule has 1 aliphatic heterocycles. The number of benzene rings is 2. The van der Waals surface area contributed by atoms with Crippen molar-refractivity contribution >= 4 is 23.4 Å². The Morgan fingerprint density at radius 1 is 1.10 bits per heavy atom. The second-order valence-electron chi connectivity index (χ2n) is 6.82. The summed E-state index contributed by atoms with van der Waals surface area (Å²) in [6, 6.07) is 14.6. The van der Waals surface area contributed by atoms with Crippen LogP contribution in [0.25, 0.3) is 5.69 Å². The van der Waals surface area contributed by atoms with E-state index in [4.69, 9.17) is 0 Å². The third kappa shape index (κ3) is 4.40. The van der Waals surface area contributed by atoms with E-state index in [-0.39, 0.29) is 17.5 Å². The molecule has 7 nitrogen and oxygen atoms in total. The van der Waals surface area contributed by atoms with Gasteiger partial charge in [0.15, 0.2) is 0 Å². The molecule has 2 aromatic carbocycles. The van der Waals surface area contributed by atoms with Crippen LogP contribution in [0.15, 0.2) is 53.7 Å². The molecular weight excluding hydrogens is 391 g/mol. The normalized spacial score (nSPS) is 14.3. The van der Waals surface area contributed by atoms with E-state index in [1.165, 1.54) is 17.8 Å². The van der Waals surface area contributed by atoms with E-state index >= 15 is 0 Å². The largest absolute Gasteiger partial charge is 0.366 e. The predicted octanol–water partition coefficient (Wildman–Crippen LogP) is 2.55. The van der Waals surface area contributed by atoms with Crippen LogP contribution in [-0.4, -0.2) is 62.9 Å². The molecule has 150 valence electrons. The van der Waals surface area contributed by atoms with Crippen LogP contribution in [0, 0.1) is 12.7 Å². The molecule has 0 bridgehead atoms. The molecule has 1 saturated heterocycles. The molecule has 0 aliphatic carbocycles. The number of carbonyl (C=O) groups is 1. The fraction of sp³-hybridized carbons (Fsp3) is 0.300. The fourth-order valence-electron chi connectivity index (χ4n) is 3.31. The Morgan fingerprint density at radius 2 is 1.90 bits per heavy atom. The Labute approximate surface area is 172 Å². The van der Waals surface area contributed by atoms with Gasteiger partial charge in [0, 0.05) is 26.2 Å². The van der Waals surface area contributed by atoms with Crippen LogP contribution in [0.5, 0.6) is 0 Å². The number of amides is 1. The lowest BCUT2D eigenvalue weighted by atomic mass is 10.2. The predicted molar refractivity (Wildman–Crippen MR) is 110 cm³/mol. The van der Waals surface area contributed by atoms with Crippen molar-refractivity contribution in [2.24, 2.45) is 0 Å². The summed E-state index contributed by atoms with van der Waals surface area (Å²) >= 11 is 1.32. The zero-order chi connectivity index (χ0) is 20.2. The van der Waals surface area contributed by atoms with Gasteiger partial charge < -0.3 is 9.80 Å². The van der Waals surface area contributed by atoms with Gasteiger partial charge in [-0.3, -0.25) is 4.79 Å². The van der Waals surface area contributed by atoms with Crippen LogP contribution in [-0.2, 0) is 4.79 Å². The molecule has 1 amide bonds. The molecule has 3 aromatic rings. The SMILES string of the molecule is Cc1cccc(-n2nnnc2SCC(=O)N2CCN(c3ccccc3F)CC2)c1. The van der Waals surface area contributed by atoms with Gasteiger partial charge >= 0.3 is 0 Å². The van der Waals surface area contributed by atoms with Crippen LogP contribution < -0.4 is 4.90 Å². The van der Waals surface area contributed by atoms with E-state index in [9.17, 15) is 9.18 Å². The van der Waals surface area contributed by atoms with Gasteiger partial charge in [0.25, 0.3) is 0 Å². The maximum absolute atomic E-state index is 14.0. The second-order valence-corrected chi connectivity index (χ2v) is 7.76. The molecule has 4 rings (SSSR count). The van der Waals surface area contributed by atoms with Crippen molar-refractivity contribution in [3.63, 3.8) is 0 Å². The number of halogens is 1. The highest BCUT2D eigenvalue weighted by atomic mass is 32.2. The minimum Gasteiger partial charge on any atom is -0.366 e. The first-order valence-corrected chi connectivity index (χ1v) is 10.4. The zero-order valence-electron chi connectivity index (χ0n) is 16.0. The molecule has 29 heavy (non-hydrogen) atoms. The van der Waals surface area contributed by atoms with E-state index in [1.54, 1.807) is 16.8 Å². The van der Waals surface area contributed by atoms with Crippen LogP contribution in [0.4, 0.5) is 10.1 Å². The summed E-state index contributed by atoms with van der Waals surface area (Å²) in [6.45, 7) is 4.36. The number of hydrogen-bond acceptors (Lipinski definition) is 6. The summed E-state index contributed by atoms with van der Waals surface area (Å²) in [5, 5.41) is 12.4. The molecule has 1 aliphatic rings. The Bertz CT molecular complexity index is 1000. The lowest BCUT2D eigenvalue weighted by molar-refractivity contribution is -0.128. The maximum Gasteiger partial charge on any atom is 0.233 e. The average Bonchev–Trinajstić information content (AvgIpc) is 3.21. The first-order valence-electron chi connectivity index (χ1n) is 9.37. The maximum atomic E-state index is 14.0. The number of piperazine rings is 1. The fourth-order valence-corrected chi connectivity index (χ4v) is 4.11. The standard InChI is InChI=1S/C20H21FN6OS/c1-15-5-4-6-16(13-15)27-20(22-23-24-27)29-14-19(28)26-11-9-25(10-12-26)18-8-3-2-7-17(18)21/h2-8,13H,9-12,14H2,1H3. The molecule has 1 fully saturated rings. The highest BCUT2D eigenvalue weighted by Gasteiger charge is 2.23. The number of aryl methyl sites for hydroxylation is 1. The number of carbonyl (C=O) groups excluding carboxylic acids is 1. The van der Waals surface area contributed by atoms with Crippen molar-refractivity contribution in [3.8, 4) is 5.69 Å². The van der Waals surface area contributed by atoms with Crippen molar-refractivity contribution in [2.75, 3.05) is 36.8 Å². The van der Waals surface area contributed by atoms with Crippen molar-refractivity contribution in [1.29, 1.82) is 0 Å². The highest BCUT2D eigenvalue weighted by molar-refractivity contribution is 7.99. The van der Waals surface area contributed by atoms with E-state index < -0.39 is 0 Å². The molecule has 0 saturated carbocycles. The van der Waals surface area contributed by atoms with Gasteiger partial charge in [-0.25, -0.2) is 4.39 Å². The number of tetrazole rings is 1. The quantitative estimate of drug-likeness (QED) is 0.600. The van der Waals surface area contributed by atoms with E-state index in [0.717, 1.165) is 11.3 Å². The Morgan fingerprint density at radius 3 is 2.66 bits per heavy atom. The van der Waals surface area contributed by atoms with Gasteiger partial charge in [-0.15, -0.1) is 5.10 Å². The summed E-state index contributed by atoms with van der Waals surface area (Å²) in [6.07, 6.45) is 0. The van der Waals surface area contributed by atoms with E-state index in [0.29, 0.717) is 37.0 Å². The molecule has 1 aromatic heterocycles. The highest BCUT2D eigenvalue weighted by Crippen LogP contribution is 2.22. The molecule has 0 radical (unpaired) electrons. The number of nitrogens with zero attached hydrogens (tertiary/aromatic N) is 6. The summed E-state index contributed by atoms with van der Waals surface area (Å²) < 4.78 is 15.6. The second kappa shape index (κ2) is 8.60. The first-order chi connectivity index (χ1) is 14.1. The zero-order valence-corrected chi connectivity index (χ0v) is 16.8. The molecule has 0 unspecified atom stereocenters. The first kappa shape index (κ1) is 19.4. The smallest absolute Gasteiger partial charge is 0.233 e. The summed E-state index contributed by atoms with van der Waals surface area (Å²) in [4.78, 5) is 16.4.